The third-order valence-electron chi connectivity index (χ3n) is 2.53. The van der Waals surface area contributed by atoms with Gasteiger partial charge in [0, 0.05) is 15.5 Å². The van der Waals surface area contributed by atoms with E-state index in [4.69, 9.17) is 10.8 Å². The van der Waals surface area contributed by atoms with Crippen molar-refractivity contribution in [2.75, 3.05) is 5.73 Å². The predicted molar refractivity (Wildman–Crippen MR) is 74.4 cm³/mol. The van der Waals surface area contributed by atoms with Gasteiger partial charge in [-0.05, 0) is 48.0 Å². The number of phenolic OH excluding ortho intramolecular Hbond substituents is 1. The first kappa shape index (κ1) is 13.3. The number of anilines is 1. The third kappa shape index (κ3) is 3.66. The number of rotatable bonds is 4. The molecule has 98 valence electrons. The number of carbonyl (C=O) groups is 1. The molecule has 0 saturated carbocycles. The van der Waals surface area contributed by atoms with Gasteiger partial charge < -0.3 is 15.9 Å². The summed E-state index contributed by atoms with van der Waals surface area (Å²) in [5.74, 6) is -0.688. The summed E-state index contributed by atoms with van der Waals surface area (Å²) in [6.07, 6.45) is -0.0875. The minimum Gasteiger partial charge on any atom is -0.508 e. The van der Waals surface area contributed by atoms with Gasteiger partial charge in [-0.1, -0.05) is 11.8 Å². The molecule has 2 aromatic rings. The molecule has 0 atom stereocenters. The van der Waals surface area contributed by atoms with Gasteiger partial charge in [-0.3, -0.25) is 4.79 Å². The van der Waals surface area contributed by atoms with E-state index in [1.807, 2.05) is 6.07 Å². The van der Waals surface area contributed by atoms with Crippen LogP contribution in [0, 0.1) is 0 Å². The monoisotopic (exact) mass is 275 g/mol. The second kappa shape index (κ2) is 5.67. The molecule has 19 heavy (non-hydrogen) atoms. The summed E-state index contributed by atoms with van der Waals surface area (Å²) in [5.41, 5.74) is 6.84. The lowest BCUT2D eigenvalue weighted by Crippen LogP contribution is -2.03. The van der Waals surface area contributed by atoms with Crippen molar-refractivity contribution in [3.63, 3.8) is 0 Å². The number of carboxylic acid groups (broad SMARTS) is 1. The zero-order valence-electron chi connectivity index (χ0n) is 10.0. The van der Waals surface area contributed by atoms with E-state index in [0.29, 0.717) is 11.3 Å². The molecule has 0 unspecified atom stereocenters. The zero-order valence-corrected chi connectivity index (χ0v) is 10.9. The molecule has 0 saturated heterocycles. The van der Waals surface area contributed by atoms with Crippen molar-refractivity contribution in [3.8, 4) is 5.75 Å². The van der Waals surface area contributed by atoms with E-state index >= 15 is 0 Å². The fourth-order valence-corrected chi connectivity index (χ4v) is 2.49. The fraction of sp³-hybridized carbons (Fsp3) is 0.0714. The van der Waals surface area contributed by atoms with Gasteiger partial charge in [0.15, 0.2) is 0 Å². The molecule has 2 rings (SSSR count). The van der Waals surface area contributed by atoms with Crippen molar-refractivity contribution in [2.24, 2.45) is 0 Å². The van der Waals surface area contributed by atoms with Gasteiger partial charge in [-0.25, -0.2) is 0 Å². The Morgan fingerprint density at radius 1 is 1.11 bits per heavy atom. The van der Waals surface area contributed by atoms with Crippen molar-refractivity contribution in [1.29, 1.82) is 0 Å². The first-order valence-corrected chi connectivity index (χ1v) is 6.43. The Hall–Kier alpha value is -2.14. The summed E-state index contributed by atoms with van der Waals surface area (Å²) in [7, 11) is 0. The largest absolute Gasteiger partial charge is 0.508 e. The maximum absolute atomic E-state index is 10.7. The zero-order chi connectivity index (χ0) is 13.8. The lowest BCUT2D eigenvalue weighted by molar-refractivity contribution is -0.136. The van der Waals surface area contributed by atoms with Crippen LogP contribution in [0.15, 0.2) is 52.3 Å². The minimum atomic E-state index is -0.904. The van der Waals surface area contributed by atoms with Gasteiger partial charge in [-0.2, -0.15) is 0 Å². The maximum Gasteiger partial charge on any atom is 0.307 e. The van der Waals surface area contributed by atoms with Crippen molar-refractivity contribution in [1.82, 2.24) is 0 Å². The second-order valence-electron chi connectivity index (χ2n) is 4.03. The van der Waals surface area contributed by atoms with Gasteiger partial charge in [0.05, 0.1) is 6.42 Å². The van der Waals surface area contributed by atoms with Crippen molar-refractivity contribution >= 4 is 23.4 Å². The van der Waals surface area contributed by atoms with Crippen LogP contribution in [-0.4, -0.2) is 16.2 Å². The first-order chi connectivity index (χ1) is 9.04. The number of aromatic hydroxyl groups is 1. The average Bonchev–Trinajstić information content (AvgIpc) is 2.36. The molecule has 4 N–H and O–H groups in total. The Balaban J connectivity index is 2.21. The molecule has 0 spiro atoms. The summed E-state index contributed by atoms with van der Waals surface area (Å²) in [5, 5.41) is 18.0. The second-order valence-corrected chi connectivity index (χ2v) is 5.17. The molecule has 4 nitrogen and oxygen atoms in total. The van der Waals surface area contributed by atoms with E-state index in [9.17, 15) is 9.90 Å². The lowest BCUT2D eigenvalue weighted by atomic mass is 10.1. The number of nitrogen functional groups attached to an aromatic ring is 1. The molecule has 0 radical (unpaired) electrons. The van der Waals surface area contributed by atoms with E-state index in [1.165, 1.54) is 11.8 Å². The third-order valence-corrected chi connectivity index (χ3v) is 3.53. The number of aliphatic carboxylic acids is 1. The SMILES string of the molecule is Nc1ccc(Sc2ccc(O)cc2)cc1CC(=O)O. The van der Waals surface area contributed by atoms with E-state index in [2.05, 4.69) is 0 Å². The Bertz CT molecular complexity index is 596. The fourth-order valence-electron chi connectivity index (χ4n) is 1.61. The highest BCUT2D eigenvalue weighted by atomic mass is 32.2. The summed E-state index contributed by atoms with van der Waals surface area (Å²) < 4.78 is 0. The smallest absolute Gasteiger partial charge is 0.307 e. The molecule has 0 fully saturated rings. The van der Waals surface area contributed by atoms with Crippen LogP contribution < -0.4 is 5.73 Å². The van der Waals surface area contributed by atoms with E-state index < -0.39 is 5.97 Å². The standard InChI is InChI=1S/C14H13NO3S/c15-13-6-5-12(7-9(13)8-14(17)18)19-11-3-1-10(16)2-4-11/h1-7,16H,8,15H2,(H,17,18). The van der Waals surface area contributed by atoms with Crippen molar-refractivity contribution in [2.45, 2.75) is 16.2 Å². The summed E-state index contributed by atoms with van der Waals surface area (Å²) in [4.78, 5) is 12.6. The molecule has 0 heterocycles. The quantitative estimate of drug-likeness (QED) is 0.747. The Labute approximate surface area is 114 Å². The summed E-state index contributed by atoms with van der Waals surface area (Å²) >= 11 is 1.49. The highest BCUT2D eigenvalue weighted by Crippen LogP contribution is 2.30. The molecule has 0 aliphatic heterocycles. The van der Waals surface area contributed by atoms with E-state index in [-0.39, 0.29) is 12.2 Å². The van der Waals surface area contributed by atoms with Crippen LogP contribution in [-0.2, 0) is 11.2 Å². The Morgan fingerprint density at radius 3 is 2.37 bits per heavy atom. The van der Waals surface area contributed by atoms with Crippen LogP contribution in [0.5, 0.6) is 5.75 Å². The number of carboxylic acids is 1. The van der Waals surface area contributed by atoms with Crippen molar-refractivity contribution < 1.29 is 15.0 Å². The summed E-state index contributed by atoms with van der Waals surface area (Å²) in [6.45, 7) is 0. The van der Waals surface area contributed by atoms with E-state index in [1.54, 1.807) is 36.4 Å². The number of benzene rings is 2. The van der Waals surface area contributed by atoms with Crippen molar-refractivity contribution in [3.05, 3.63) is 48.0 Å². The van der Waals surface area contributed by atoms with Crippen LogP contribution in [0.3, 0.4) is 0 Å². The topological polar surface area (TPSA) is 83.5 Å². The number of nitrogens with two attached hydrogens (primary N) is 1. The molecule has 5 heteroatoms. The van der Waals surface area contributed by atoms with Crippen LogP contribution in [0.25, 0.3) is 0 Å². The highest BCUT2D eigenvalue weighted by molar-refractivity contribution is 7.99. The molecule has 0 bridgehead atoms. The average molecular weight is 275 g/mol. The molecule has 0 aliphatic rings. The number of hydrogen-bond donors (Lipinski definition) is 3. The van der Waals surface area contributed by atoms with Gasteiger partial charge in [0.1, 0.15) is 5.75 Å². The Morgan fingerprint density at radius 2 is 1.74 bits per heavy atom. The molecular formula is C14H13NO3S. The number of hydrogen-bond acceptors (Lipinski definition) is 4. The maximum atomic E-state index is 10.7. The molecule has 0 amide bonds. The van der Waals surface area contributed by atoms with Crippen LogP contribution in [0.2, 0.25) is 0 Å². The molecule has 2 aromatic carbocycles. The summed E-state index contributed by atoms with van der Waals surface area (Å²) in [6, 6.07) is 12.1. The van der Waals surface area contributed by atoms with Gasteiger partial charge >= 0.3 is 5.97 Å². The predicted octanol–water partition coefficient (Wildman–Crippen LogP) is 2.75. The lowest BCUT2D eigenvalue weighted by Gasteiger charge is -2.07. The van der Waals surface area contributed by atoms with Crippen LogP contribution >= 0.6 is 11.8 Å². The van der Waals surface area contributed by atoms with Gasteiger partial charge in [0.25, 0.3) is 0 Å². The number of phenols is 1. The highest BCUT2D eigenvalue weighted by Gasteiger charge is 2.07. The van der Waals surface area contributed by atoms with Crippen LogP contribution in [0.4, 0.5) is 5.69 Å². The Kier molecular flexibility index (Phi) is 3.97. The van der Waals surface area contributed by atoms with E-state index in [0.717, 1.165) is 9.79 Å². The molecule has 0 aromatic heterocycles. The normalized spacial score (nSPS) is 10.3. The molecule has 0 aliphatic carbocycles. The molecular weight excluding hydrogens is 262 g/mol. The van der Waals surface area contributed by atoms with Gasteiger partial charge in [-0.15, -0.1) is 0 Å². The minimum absolute atomic E-state index is 0.0875. The van der Waals surface area contributed by atoms with Gasteiger partial charge in [0.2, 0.25) is 0 Å². The first-order valence-electron chi connectivity index (χ1n) is 5.61. The van der Waals surface area contributed by atoms with Crippen LogP contribution in [0.1, 0.15) is 5.56 Å².